The smallest absolute Gasteiger partial charge is 0.180 e. The summed E-state index contributed by atoms with van der Waals surface area (Å²) >= 11 is 0. The number of likely N-dealkylation sites (N-methyl/N-ethyl adjacent to an activating group) is 1. The molecule has 1 aliphatic carbocycles. The first-order valence-corrected chi connectivity index (χ1v) is 7.54. The Kier molecular flexibility index (Phi) is 4.57. The van der Waals surface area contributed by atoms with Crippen LogP contribution in [-0.2, 0) is 0 Å². The summed E-state index contributed by atoms with van der Waals surface area (Å²) in [6.45, 7) is 4.88. The largest absolute Gasteiger partial charge is 0.508 e. The zero-order chi connectivity index (χ0) is 15.6. The highest BCUT2D eigenvalue weighted by atomic mass is 16.3. The molecule has 1 aromatic carbocycles. The third-order valence-electron chi connectivity index (χ3n) is 4.61. The summed E-state index contributed by atoms with van der Waals surface area (Å²) in [7, 11) is 1.97. The number of phenols is 2. The number of carbonyl (C=O) groups excluding carboxylic acids is 1. The van der Waals surface area contributed by atoms with Gasteiger partial charge in [0.15, 0.2) is 5.78 Å². The number of benzene rings is 1. The Morgan fingerprint density at radius 3 is 2.48 bits per heavy atom. The highest BCUT2D eigenvalue weighted by Gasteiger charge is 2.29. The van der Waals surface area contributed by atoms with Gasteiger partial charge in [0.25, 0.3) is 0 Å². The van der Waals surface area contributed by atoms with Crippen LogP contribution >= 0.6 is 0 Å². The Bertz CT molecular complexity index is 515. The molecule has 4 heteroatoms. The Labute approximate surface area is 126 Å². The molecule has 0 amide bonds. The Morgan fingerprint density at radius 2 is 1.90 bits per heavy atom. The molecule has 1 saturated carbocycles. The van der Waals surface area contributed by atoms with Crippen LogP contribution in [0.15, 0.2) is 18.2 Å². The van der Waals surface area contributed by atoms with Crippen LogP contribution in [0.25, 0.3) is 0 Å². The second kappa shape index (κ2) is 6.06. The normalized spacial score (nSPS) is 18.9. The molecule has 1 aliphatic rings. The molecule has 116 valence electrons. The van der Waals surface area contributed by atoms with E-state index in [-0.39, 0.29) is 22.8 Å². The van der Waals surface area contributed by atoms with Crippen molar-refractivity contribution in [2.75, 3.05) is 13.6 Å². The van der Waals surface area contributed by atoms with Gasteiger partial charge >= 0.3 is 0 Å². The molecule has 0 radical (unpaired) electrons. The lowest BCUT2D eigenvalue weighted by molar-refractivity contribution is 0.0849. The van der Waals surface area contributed by atoms with Gasteiger partial charge in [-0.15, -0.1) is 0 Å². The van der Waals surface area contributed by atoms with E-state index in [4.69, 9.17) is 0 Å². The fraction of sp³-hybridized carbons (Fsp3) is 0.588. The first-order valence-electron chi connectivity index (χ1n) is 7.54. The molecule has 2 N–H and O–H groups in total. The number of phenolic OH excluding ortho intramolecular Hbond substituents is 2. The van der Waals surface area contributed by atoms with Gasteiger partial charge in [-0.2, -0.15) is 0 Å². The van der Waals surface area contributed by atoms with E-state index in [1.807, 2.05) is 7.05 Å². The summed E-state index contributed by atoms with van der Waals surface area (Å²) in [5.41, 5.74) is 0.687. The highest BCUT2D eigenvalue weighted by Crippen LogP contribution is 2.36. The minimum Gasteiger partial charge on any atom is -0.508 e. The monoisotopic (exact) mass is 291 g/mol. The Hall–Kier alpha value is -1.55. The predicted octanol–water partition coefficient (Wildman–Crippen LogP) is 3.18. The average molecular weight is 291 g/mol. The van der Waals surface area contributed by atoms with Crippen LogP contribution in [0.2, 0.25) is 0 Å². The minimum absolute atomic E-state index is 0.0353. The summed E-state index contributed by atoms with van der Waals surface area (Å²) in [5.74, 6) is -0.301. The van der Waals surface area contributed by atoms with Crippen molar-refractivity contribution >= 4 is 5.78 Å². The van der Waals surface area contributed by atoms with Gasteiger partial charge in [-0.1, -0.05) is 13.8 Å². The average Bonchev–Trinajstić information content (AvgIpc) is 2.38. The molecule has 21 heavy (non-hydrogen) atoms. The van der Waals surface area contributed by atoms with Crippen LogP contribution in [0.3, 0.4) is 0 Å². The molecule has 0 heterocycles. The molecule has 0 aromatic heterocycles. The van der Waals surface area contributed by atoms with Gasteiger partial charge < -0.3 is 10.2 Å². The molecule has 0 atom stereocenters. The summed E-state index contributed by atoms with van der Waals surface area (Å²) in [6.07, 6.45) is 4.58. The topological polar surface area (TPSA) is 60.8 Å². The molecule has 1 fully saturated rings. The molecule has 0 aliphatic heterocycles. The maximum atomic E-state index is 12.3. The van der Waals surface area contributed by atoms with Gasteiger partial charge in [0.1, 0.15) is 11.5 Å². The van der Waals surface area contributed by atoms with Crippen molar-refractivity contribution in [1.82, 2.24) is 4.90 Å². The van der Waals surface area contributed by atoms with Gasteiger partial charge in [-0.3, -0.25) is 9.69 Å². The number of ketones is 1. The maximum Gasteiger partial charge on any atom is 0.180 e. The lowest BCUT2D eigenvalue weighted by Gasteiger charge is -2.38. The lowest BCUT2D eigenvalue weighted by atomic mass is 9.75. The second-order valence-corrected chi connectivity index (χ2v) is 6.94. The van der Waals surface area contributed by atoms with Gasteiger partial charge in [0.2, 0.25) is 0 Å². The predicted molar refractivity (Wildman–Crippen MR) is 82.8 cm³/mol. The van der Waals surface area contributed by atoms with E-state index in [1.165, 1.54) is 31.0 Å². The lowest BCUT2D eigenvalue weighted by Crippen LogP contribution is -2.39. The molecule has 0 unspecified atom stereocenters. The van der Waals surface area contributed by atoms with Crippen LogP contribution in [0.5, 0.6) is 11.5 Å². The van der Waals surface area contributed by atoms with Crippen molar-refractivity contribution in [2.24, 2.45) is 5.41 Å². The van der Waals surface area contributed by atoms with E-state index in [9.17, 15) is 15.0 Å². The van der Waals surface area contributed by atoms with Crippen LogP contribution in [0, 0.1) is 5.41 Å². The van der Waals surface area contributed by atoms with E-state index in [0.717, 1.165) is 12.8 Å². The number of hydrogen-bond donors (Lipinski definition) is 2. The van der Waals surface area contributed by atoms with Crippen LogP contribution in [0.4, 0.5) is 0 Å². The van der Waals surface area contributed by atoms with Crippen molar-refractivity contribution in [1.29, 1.82) is 0 Å². The summed E-state index contributed by atoms with van der Waals surface area (Å²) in [5, 5.41) is 19.0. The van der Waals surface area contributed by atoms with Gasteiger partial charge in [0.05, 0.1) is 12.1 Å². The van der Waals surface area contributed by atoms with Crippen molar-refractivity contribution in [3.05, 3.63) is 23.8 Å². The molecule has 2 rings (SSSR count). The standard InChI is InChI=1S/C17H25NO3/c1-17(2)8-6-12(7-9-17)18(3)11-16(21)14-5-4-13(19)10-15(14)20/h4-5,10,12,19-20H,6-9,11H2,1-3H3. The van der Waals surface area contributed by atoms with Crippen molar-refractivity contribution in [2.45, 2.75) is 45.6 Å². The minimum atomic E-state index is -0.154. The van der Waals surface area contributed by atoms with Crippen molar-refractivity contribution < 1.29 is 15.0 Å². The van der Waals surface area contributed by atoms with E-state index in [0.29, 0.717) is 18.0 Å². The third kappa shape index (κ3) is 3.97. The fourth-order valence-corrected chi connectivity index (χ4v) is 3.02. The fourth-order valence-electron chi connectivity index (χ4n) is 3.02. The van der Waals surface area contributed by atoms with E-state index >= 15 is 0 Å². The number of carbonyl (C=O) groups is 1. The van der Waals surface area contributed by atoms with Gasteiger partial charge in [-0.25, -0.2) is 0 Å². The Morgan fingerprint density at radius 1 is 1.29 bits per heavy atom. The number of Topliss-reactive ketones (excluding diaryl/α,β-unsaturated/α-hetero) is 1. The first kappa shape index (κ1) is 15.8. The molecule has 0 spiro atoms. The van der Waals surface area contributed by atoms with Crippen molar-refractivity contribution in [3.8, 4) is 11.5 Å². The van der Waals surface area contributed by atoms with E-state index in [1.54, 1.807) is 0 Å². The van der Waals surface area contributed by atoms with Crippen LogP contribution < -0.4 is 0 Å². The van der Waals surface area contributed by atoms with E-state index < -0.39 is 0 Å². The van der Waals surface area contributed by atoms with Crippen LogP contribution in [0.1, 0.15) is 49.9 Å². The van der Waals surface area contributed by atoms with Gasteiger partial charge in [-0.05, 0) is 50.3 Å². The maximum absolute atomic E-state index is 12.3. The SMILES string of the molecule is CN(CC(=O)c1ccc(O)cc1O)C1CCC(C)(C)CC1. The molecule has 4 nitrogen and oxygen atoms in total. The molecule has 0 saturated heterocycles. The van der Waals surface area contributed by atoms with E-state index in [2.05, 4.69) is 18.7 Å². The number of hydrogen-bond acceptors (Lipinski definition) is 4. The quantitative estimate of drug-likeness (QED) is 0.836. The second-order valence-electron chi connectivity index (χ2n) is 6.94. The number of aromatic hydroxyl groups is 2. The van der Waals surface area contributed by atoms with Crippen LogP contribution in [-0.4, -0.2) is 40.5 Å². The molecular weight excluding hydrogens is 266 g/mol. The zero-order valence-corrected chi connectivity index (χ0v) is 13.1. The number of rotatable bonds is 4. The van der Waals surface area contributed by atoms with Gasteiger partial charge in [0, 0.05) is 12.1 Å². The van der Waals surface area contributed by atoms with Crippen molar-refractivity contribution in [3.63, 3.8) is 0 Å². The zero-order valence-electron chi connectivity index (χ0n) is 13.1. The highest BCUT2D eigenvalue weighted by molar-refractivity contribution is 6.00. The summed E-state index contributed by atoms with van der Waals surface area (Å²) in [4.78, 5) is 14.4. The third-order valence-corrected chi connectivity index (χ3v) is 4.61. The molecular formula is C17H25NO3. The summed E-state index contributed by atoms with van der Waals surface area (Å²) < 4.78 is 0. The molecule has 0 bridgehead atoms. The Balaban J connectivity index is 1.96. The summed E-state index contributed by atoms with van der Waals surface area (Å²) in [6, 6.07) is 4.54. The molecule has 1 aromatic rings. The first-order chi connectivity index (χ1) is 9.78. The number of nitrogens with zero attached hydrogens (tertiary/aromatic N) is 1.